The minimum Gasteiger partial charge on any atom is -0.493 e. The first kappa shape index (κ1) is 23.7. The minimum absolute atomic E-state index is 0.00548. The number of amidine groups is 1. The summed E-state index contributed by atoms with van der Waals surface area (Å²) in [6.07, 6.45) is -4.82. The number of fused-ring (bicyclic) bond motifs is 1. The van der Waals surface area contributed by atoms with E-state index in [2.05, 4.69) is 20.1 Å². The molecule has 13 heteroatoms. The number of hydrogen-bond acceptors (Lipinski definition) is 6. The number of pyridine rings is 1. The lowest BCUT2D eigenvalue weighted by Crippen LogP contribution is -2.46. The van der Waals surface area contributed by atoms with E-state index in [9.17, 15) is 22.0 Å². The highest BCUT2D eigenvalue weighted by atomic mass is 19.4. The van der Waals surface area contributed by atoms with Crippen LogP contribution >= 0.6 is 0 Å². The number of nitrogens with one attached hydrogen (secondary N) is 1. The molecule has 0 bridgehead atoms. The monoisotopic (exact) mass is 485 g/mol. The molecule has 1 aromatic carbocycles. The van der Waals surface area contributed by atoms with Crippen molar-refractivity contribution in [2.45, 2.75) is 37.6 Å². The van der Waals surface area contributed by atoms with Crippen LogP contribution in [0.25, 0.3) is 11.0 Å². The quantitative estimate of drug-likeness (QED) is 0.168. The Hall–Kier alpha value is -3.48. The third-order valence-electron chi connectivity index (χ3n) is 6.35. The fourth-order valence-corrected chi connectivity index (χ4v) is 4.37. The number of nitrogens with zero attached hydrogens (tertiary/aromatic N) is 3. The summed E-state index contributed by atoms with van der Waals surface area (Å²) in [5.41, 5.74) is 3.43. The van der Waals surface area contributed by atoms with Crippen molar-refractivity contribution in [2.75, 3.05) is 7.11 Å². The molecule has 8 nitrogen and oxygen atoms in total. The van der Waals surface area contributed by atoms with Crippen LogP contribution in [0.4, 0.5) is 22.0 Å². The van der Waals surface area contributed by atoms with Crippen molar-refractivity contribution in [2.24, 2.45) is 16.8 Å². The van der Waals surface area contributed by atoms with Gasteiger partial charge in [-0.1, -0.05) is 18.1 Å². The van der Waals surface area contributed by atoms with Crippen LogP contribution in [0.2, 0.25) is 0 Å². The molecular weight excluding hydrogens is 465 g/mol. The minimum atomic E-state index is -4.79. The van der Waals surface area contributed by atoms with Crippen molar-refractivity contribution >= 4 is 16.9 Å². The van der Waals surface area contributed by atoms with Gasteiger partial charge in [0, 0.05) is 23.6 Å². The van der Waals surface area contributed by atoms with Gasteiger partial charge in [0.1, 0.15) is 23.1 Å². The number of methoxy groups -OCH3 is 1. The number of oxime groups is 1. The first-order valence-corrected chi connectivity index (χ1v) is 10.0. The Kier molecular flexibility index (Phi) is 5.62. The SMILES string of the molecule is COc1c([C@H]2[C@H](c3nc4c(/C(N)=N/O)nccc4[nH]3)O[C@@](C)(C(F)(F)F)[C@H]2C)ccc(F)c1F. The first-order valence-electron chi connectivity index (χ1n) is 10.0. The van der Waals surface area contributed by atoms with Gasteiger partial charge < -0.3 is 25.4 Å². The summed E-state index contributed by atoms with van der Waals surface area (Å²) in [5, 5.41) is 11.9. The molecule has 0 radical (unpaired) electrons. The Morgan fingerprint density at radius 3 is 2.62 bits per heavy atom. The van der Waals surface area contributed by atoms with Crippen LogP contribution in [0, 0.1) is 17.6 Å². The average Bonchev–Trinajstić information content (AvgIpc) is 3.34. The van der Waals surface area contributed by atoms with E-state index in [0.717, 1.165) is 20.1 Å². The van der Waals surface area contributed by atoms with Crippen LogP contribution < -0.4 is 10.5 Å². The number of aromatic nitrogens is 3. The van der Waals surface area contributed by atoms with E-state index in [1.54, 1.807) is 0 Å². The van der Waals surface area contributed by atoms with Gasteiger partial charge in [0.25, 0.3) is 0 Å². The molecule has 0 spiro atoms. The van der Waals surface area contributed by atoms with Gasteiger partial charge in [-0.15, -0.1) is 0 Å². The van der Waals surface area contributed by atoms with Crippen molar-refractivity contribution in [3.63, 3.8) is 0 Å². The molecule has 3 aromatic rings. The molecule has 0 amide bonds. The fraction of sp³-hybridized carbons (Fsp3) is 0.381. The lowest BCUT2D eigenvalue weighted by Gasteiger charge is -2.32. The van der Waals surface area contributed by atoms with Crippen molar-refractivity contribution in [1.82, 2.24) is 15.0 Å². The third kappa shape index (κ3) is 3.42. The van der Waals surface area contributed by atoms with E-state index in [1.165, 1.54) is 25.3 Å². The standard InChI is InChI=1S/C21H20F5N5O3/c1-8-12(9-4-5-10(22)13(23)16(9)33-3)17(34-20(8,2)21(24,25)26)19-29-11-6-7-28-15(14(11)30-19)18(27)31-32/h4-8,12,17,32H,1-3H3,(H2,27,31)(H,29,30)/t8-,12-,17+,20+/m0/s1. The molecule has 4 rings (SSSR count). The van der Waals surface area contributed by atoms with E-state index >= 15 is 0 Å². The Morgan fingerprint density at radius 2 is 2.00 bits per heavy atom. The van der Waals surface area contributed by atoms with Gasteiger partial charge in [-0.05, 0) is 19.1 Å². The molecule has 4 atom stereocenters. The van der Waals surface area contributed by atoms with Gasteiger partial charge in [-0.3, -0.25) is 4.98 Å². The highest BCUT2D eigenvalue weighted by molar-refractivity contribution is 6.04. The molecule has 0 saturated carbocycles. The molecule has 34 heavy (non-hydrogen) atoms. The van der Waals surface area contributed by atoms with Crippen molar-refractivity contribution in [3.8, 4) is 5.75 Å². The van der Waals surface area contributed by atoms with Crippen LogP contribution in [0.1, 0.15) is 43.0 Å². The van der Waals surface area contributed by atoms with E-state index in [1.807, 2.05) is 0 Å². The van der Waals surface area contributed by atoms with Gasteiger partial charge >= 0.3 is 6.18 Å². The summed E-state index contributed by atoms with van der Waals surface area (Å²) in [6.45, 7) is 2.20. The van der Waals surface area contributed by atoms with Crippen molar-refractivity contribution in [1.29, 1.82) is 0 Å². The number of H-pyrrole nitrogens is 1. The molecule has 3 heterocycles. The van der Waals surface area contributed by atoms with Crippen molar-refractivity contribution in [3.05, 3.63) is 53.1 Å². The highest BCUT2D eigenvalue weighted by Crippen LogP contribution is 2.59. The zero-order valence-corrected chi connectivity index (χ0v) is 18.1. The average molecular weight is 485 g/mol. The number of hydrogen-bond donors (Lipinski definition) is 3. The Morgan fingerprint density at radius 1 is 1.29 bits per heavy atom. The fourth-order valence-electron chi connectivity index (χ4n) is 4.37. The van der Waals surface area contributed by atoms with Crippen LogP contribution in [0.5, 0.6) is 5.75 Å². The molecule has 4 N–H and O–H groups in total. The van der Waals surface area contributed by atoms with E-state index < -0.39 is 47.1 Å². The van der Waals surface area contributed by atoms with E-state index in [0.29, 0.717) is 5.52 Å². The number of halogens is 5. The predicted octanol–water partition coefficient (Wildman–Crippen LogP) is 4.15. The Labute approximate surface area is 189 Å². The molecule has 0 unspecified atom stereocenters. The third-order valence-corrected chi connectivity index (χ3v) is 6.35. The zero-order chi connectivity index (χ0) is 25.0. The maximum absolute atomic E-state index is 14.5. The summed E-state index contributed by atoms with van der Waals surface area (Å²) in [6, 6.07) is 3.48. The Bertz CT molecular complexity index is 1280. The van der Waals surface area contributed by atoms with Crippen LogP contribution in [0.15, 0.2) is 29.6 Å². The Balaban J connectivity index is 1.94. The second-order valence-electron chi connectivity index (χ2n) is 8.10. The molecule has 1 aliphatic heterocycles. The van der Waals surface area contributed by atoms with Crippen LogP contribution in [-0.4, -0.2) is 44.9 Å². The van der Waals surface area contributed by atoms with Crippen LogP contribution in [0.3, 0.4) is 0 Å². The van der Waals surface area contributed by atoms with Gasteiger partial charge in [-0.2, -0.15) is 17.6 Å². The maximum Gasteiger partial charge on any atom is 0.417 e. The largest absolute Gasteiger partial charge is 0.493 e. The number of nitrogens with two attached hydrogens (primary N) is 1. The summed E-state index contributed by atoms with van der Waals surface area (Å²) in [4.78, 5) is 11.2. The second kappa shape index (κ2) is 8.08. The number of aromatic amines is 1. The van der Waals surface area contributed by atoms with Gasteiger partial charge in [0.2, 0.25) is 5.82 Å². The summed E-state index contributed by atoms with van der Waals surface area (Å²) in [7, 11) is 1.09. The smallest absolute Gasteiger partial charge is 0.417 e. The molecule has 182 valence electrons. The zero-order valence-electron chi connectivity index (χ0n) is 18.1. The highest BCUT2D eigenvalue weighted by Gasteiger charge is 2.65. The number of benzene rings is 1. The maximum atomic E-state index is 14.5. The van der Waals surface area contributed by atoms with Gasteiger partial charge in [-0.25, -0.2) is 9.37 Å². The number of rotatable bonds is 4. The van der Waals surface area contributed by atoms with Gasteiger partial charge in [0.15, 0.2) is 23.0 Å². The van der Waals surface area contributed by atoms with Gasteiger partial charge in [0.05, 0.1) is 12.6 Å². The predicted molar refractivity (Wildman–Crippen MR) is 110 cm³/mol. The molecular formula is C21H20F5N5O3. The number of alkyl halides is 3. The molecule has 1 saturated heterocycles. The van der Waals surface area contributed by atoms with E-state index in [4.69, 9.17) is 20.4 Å². The van der Waals surface area contributed by atoms with E-state index in [-0.39, 0.29) is 28.4 Å². The summed E-state index contributed by atoms with van der Waals surface area (Å²) < 4.78 is 81.3. The van der Waals surface area contributed by atoms with Crippen LogP contribution in [-0.2, 0) is 4.74 Å². The molecule has 1 fully saturated rings. The molecule has 0 aliphatic carbocycles. The summed E-state index contributed by atoms with van der Waals surface area (Å²) >= 11 is 0. The second-order valence-corrected chi connectivity index (χ2v) is 8.10. The first-order chi connectivity index (χ1) is 15.9. The number of imidazole rings is 1. The number of ether oxygens (including phenoxy) is 2. The van der Waals surface area contributed by atoms with Crippen molar-refractivity contribution < 1.29 is 36.6 Å². The molecule has 1 aliphatic rings. The normalized spacial score (nSPS) is 25.8. The lowest BCUT2D eigenvalue weighted by molar-refractivity contribution is -0.275. The lowest BCUT2D eigenvalue weighted by atomic mass is 9.77. The summed E-state index contributed by atoms with van der Waals surface area (Å²) in [5.74, 6) is -5.85. The molecule has 2 aromatic heterocycles. The topological polar surface area (TPSA) is 119 Å².